The summed E-state index contributed by atoms with van der Waals surface area (Å²) in [6.07, 6.45) is 0.1000. The molecule has 0 aliphatic carbocycles. The second-order valence-electron chi connectivity index (χ2n) is 4.26. The minimum absolute atomic E-state index is 0.1000. The molecule has 3 N–H and O–H groups in total. The smallest absolute Gasteiger partial charge is 0.255 e. The first-order valence-corrected chi connectivity index (χ1v) is 7.07. The number of nitrogens with one attached hydrogen (secondary N) is 1. The zero-order valence-electron chi connectivity index (χ0n) is 10.6. The van der Waals surface area contributed by atoms with Crippen molar-refractivity contribution < 1.29 is 9.59 Å². The fourth-order valence-corrected chi connectivity index (χ4v) is 2.35. The highest BCUT2D eigenvalue weighted by molar-refractivity contribution is 14.1. The standard InChI is InChI=1S/C15H13IN2O2/c16-12-6-3-5-11(8-12)15(20)18-13-7-2-1-4-10(13)9-14(17)19/h1-8H,9H2,(H2,17,19)(H,18,20). The Hall–Kier alpha value is -1.89. The molecule has 0 spiro atoms. The number of nitrogens with two attached hydrogens (primary N) is 1. The summed E-state index contributed by atoms with van der Waals surface area (Å²) in [6, 6.07) is 14.4. The van der Waals surface area contributed by atoms with E-state index < -0.39 is 5.91 Å². The van der Waals surface area contributed by atoms with Gasteiger partial charge in [-0.05, 0) is 52.4 Å². The number of para-hydroxylation sites is 1. The van der Waals surface area contributed by atoms with Crippen LogP contribution in [0.3, 0.4) is 0 Å². The molecule has 0 atom stereocenters. The molecule has 0 aliphatic heterocycles. The number of anilines is 1. The summed E-state index contributed by atoms with van der Waals surface area (Å²) in [6.45, 7) is 0. The molecule has 0 aliphatic rings. The van der Waals surface area contributed by atoms with Crippen LogP contribution in [-0.4, -0.2) is 11.8 Å². The topological polar surface area (TPSA) is 72.2 Å². The van der Waals surface area contributed by atoms with Gasteiger partial charge in [0.05, 0.1) is 6.42 Å². The second-order valence-corrected chi connectivity index (χ2v) is 5.51. The van der Waals surface area contributed by atoms with Crippen LogP contribution < -0.4 is 11.1 Å². The molecule has 2 aromatic rings. The largest absolute Gasteiger partial charge is 0.369 e. The fourth-order valence-electron chi connectivity index (χ4n) is 1.81. The normalized spacial score (nSPS) is 10.1. The summed E-state index contributed by atoms with van der Waals surface area (Å²) in [7, 11) is 0. The minimum Gasteiger partial charge on any atom is -0.369 e. The Morgan fingerprint density at radius 2 is 1.85 bits per heavy atom. The summed E-state index contributed by atoms with van der Waals surface area (Å²) in [4.78, 5) is 23.2. The van der Waals surface area contributed by atoms with Gasteiger partial charge in [0.15, 0.2) is 0 Å². The molecule has 5 heteroatoms. The van der Waals surface area contributed by atoms with Gasteiger partial charge in [-0.1, -0.05) is 24.3 Å². The van der Waals surface area contributed by atoms with Crippen LogP contribution >= 0.6 is 22.6 Å². The van der Waals surface area contributed by atoms with Crippen LogP contribution in [0.25, 0.3) is 0 Å². The van der Waals surface area contributed by atoms with E-state index in [1.807, 2.05) is 12.1 Å². The summed E-state index contributed by atoms with van der Waals surface area (Å²) in [5.41, 5.74) is 7.09. The maximum absolute atomic E-state index is 12.2. The number of hydrogen-bond donors (Lipinski definition) is 2. The third kappa shape index (κ3) is 3.80. The molecular formula is C15H13IN2O2. The Bertz CT molecular complexity index is 656. The molecule has 4 nitrogen and oxygen atoms in total. The van der Waals surface area contributed by atoms with Gasteiger partial charge in [0.25, 0.3) is 5.91 Å². The fraction of sp³-hybridized carbons (Fsp3) is 0.0667. The zero-order chi connectivity index (χ0) is 14.5. The molecule has 0 bridgehead atoms. The van der Waals surface area contributed by atoms with Gasteiger partial charge in [-0.15, -0.1) is 0 Å². The van der Waals surface area contributed by atoms with Crippen molar-refractivity contribution in [1.82, 2.24) is 0 Å². The monoisotopic (exact) mass is 380 g/mol. The Kier molecular flexibility index (Phi) is 4.73. The molecule has 2 amide bonds. The van der Waals surface area contributed by atoms with E-state index in [4.69, 9.17) is 5.73 Å². The van der Waals surface area contributed by atoms with Gasteiger partial charge in [-0.25, -0.2) is 0 Å². The van der Waals surface area contributed by atoms with Gasteiger partial charge < -0.3 is 11.1 Å². The third-order valence-corrected chi connectivity index (χ3v) is 3.39. The zero-order valence-corrected chi connectivity index (χ0v) is 12.8. The number of carbonyl (C=O) groups is 2. The predicted octanol–water partition coefficient (Wildman–Crippen LogP) is 2.57. The Balaban J connectivity index is 2.21. The number of carbonyl (C=O) groups excluding carboxylic acids is 2. The molecular weight excluding hydrogens is 367 g/mol. The lowest BCUT2D eigenvalue weighted by Gasteiger charge is -2.10. The van der Waals surface area contributed by atoms with E-state index in [0.717, 1.165) is 3.57 Å². The first-order valence-electron chi connectivity index (χ1n) is 5.99. The van der Waals surface area contributed by atoms with E-state index in [1.165, 1.54) is 0 Å². The molecule has 102 valence electrons. The Morgan fingerprint density at radius 1 is 1.10 bits per heavy atom. The van der Waals surface area contributed by atoms with E-state index >= 15 is 0 Å². The van der Waals surface area contributed by atoms with Crippen LogP contribution in [0.2, 0.25) is 0 Å². The molecule has 0 heterocycles. The minimum atomic E-state index is -0.430. The molecule has 0 radical (unpaired) electrons. The van der Waals surface area contributed by atoms with Crippen molar-refractivity contribution in [3.05, 3.63) is 63.2 Å². The highest BCUT2D eigenvalue weighted by Gasteiger charge is 2.10. The van der Waals surface area contributed by atoms with Crippen LogP contribution in [0.15, 0.2) is 48.5 Å². The first kappa shape index (κ1) is 14.5. The van der Waals surface area contributed by atoms with E-state index in [0.29, 0.717) is 16.8 Å². The molecule has 0 saturated carbocycles. The Labute approximate surface area is 130 Å². The average Bonchev–Trinajstić information content (AvgIpc) is 2.40. The highest BCUT2D eigenvalue weighted by Crippen LogP contribution is 2.17. The molecule has 0 saturated heterocycles. The lowest BCUT2D eigenvalue weighted by molar-refractivity contribution is -0.117. The molecule has 20 heavy (non-hydrogen) atoms. The number of hydrogen-bond acceptors (Lipinski definition) is 2. The molecule has 2 rings (SSSR count). The van der Waals surface area contributed by atoms with Crippen molar-refractivity contribution >= 4 is 40.1 Å². The van der Waals surface area contributed by atoms with Crippen LogP contribution in [0.4, 0.5) is 5.69 Å². The van der Waals surface area contributed by atoms with Crippen molar-refractivity contribution in [2.45, 2.75) is 6.42 Å². The maximum Gasteiger partial charge on any atom is 0.255 e. The number of benzene rings is 2. The van der Waals surface area contributed by atoms with Gasteiger partial charge in [0.1, 0.15) is 0 Å². The summed E-state index contributed by atoms with van der Waals surface area (Å²) in [5.74, 6) is -0.638. The lowest BCUT2D eigenvalue weighted by Crippen LogP contribution is -2.17. The van der Waals surface area contributed by atoms with Crippen molar-refractivity contribution in [3.8, 4) is 0 Å². The predicted molar refractivity (Wildman–Crippen MR) is 86.5 cm³/mol. The van der Waals surface area contributed by atoms with Crippen molar-refractivity contribution in [2.24, 2.45) is 5.73 Å². The van der Waals surface area contributed by atoms with Crippen LogP contribution in [0, 0.1) is 3.57 Å². The quantitative estimate of drug-likeness (QED) is 0.801. The number of amides is 2. The Morgan fingerprint density at radius 3 is 2.55 bits per heavy atom. The van der Waals surface area contributed by atoms with Crippen LogP contribution in [0.5, 0.6) is 0 Å². The summed E-state index contributed by atoms with van der Waals surface area (Å²) < 4.78 is 0.987. The van der Waals surface area contributed by atoms with E-state index in [9.17, 15) is 9.59 Å². The SMILES string of the molecule is NC(=O)Cc1ccccc1NC(=O)c1cccc(I)c1. The molecule has 2 aromatic carbocycles. The number of rotatable bonds is 4. The van der Waals surface area contributed by atoms with E-state index in [1.54, 1.807) is 36.4 Å². The second kappa shape index (κ2) is 6.51. The third-order valence-electron chi connectivity index (χ3n) is 2.72. The van der Waals surface area contributed by atoms with Crippen molar-refractivity contribution in [1.29, 1.82) is 0 Å². The van der Waals surface area contributed by atoms with Gasteiger partial charge in [0, 0.05) is 14.8 Å². The van der Waals surface area contributed by atoms with Gasteiger partial charge >= 0.3 is 0 Å². The maximum atomic E-state index is 12.2. The molecule has 0 fully saturated rings. The highest BCUT2D eigenvalue weighted by atomic mass is 127. The van der Waals surface area contributed by atoms with E-state index in [2.05, 4.69) is 27.9 Å². The number of halogens is 1. The lowest BCUT2D eigenvalue weighted by atomic mass is 10.1. The summed E-state index contributed by atoms with van der Waals surface area (Å²) in [5, 5.41) is 2.81. The number of primary amides is 1. The van der Waals surface area contributed by atoms with Crippen molar-refractivity contribution in [2.75, 3.05) is 5.32 Å². The van der Waals surface area contributed by atoms with Crippen molar-refractivity contribution in [3.63, 3.8) is 0 Å². The molecule has 0 unspecified atom stereocenters. The van der Waals surface area contributed by atoms with E-state index in [-0.39, 0.29) is 12.3 Å². The average molecular weight is 380 g/mol. The first-order chi connectivity index (χ1) is 9.56. The molecule has 0 aromatic heterocycles. The van der Waals surface area contributed by atoms with Crippen LogP contribution in [-0.2, 0) is 11.2 Å². The van der Waals surface area contributed by atoms with Gasteiger partial charge in [-0.2, -0.15) is 0 Å². The summed E-state index contributed by atoms with van der Waals surface area (Å²) >= 11 is 2.15. The van der Waals surface area contributed by atoms with Gasteiger partial charge in [-0.3, -0.25) is 9.59 Å². The van der Waals surface area contributed by atoms with Crippen LogP contribution in [0.1, 0.15) is 15.9 Å². The van der Waals surface area contributed by atoms with Gasteiger partial charge in [0.2, 0.25) is 5.91 Å².